The van der Waals surface area contributed by atoms with Gasteiger partial charge in [0, 0.05) is 12.0 Å². The van der Waals surface area contributed by atoms with Gasteiger partial charge < -0.3 is 10.1 Å². The van der Waals surface area contributed by atoms with Crippen molar-refractivity contribution >= 4 is 17.7 Å². The molecule has 1 atom stereocenters. The summed E-state index contributed by atoms with van der Waals surface area (Å²) in [6, 6.07) is 6.04. The molecule has 0 unspecified atom stereocenters. The van der Waals surface area contributed by atoms with Crippen LogP contribution in [0.4, 0.5) is 0 Å². The zero-order chi connectivity index (χ0) is 23.6. The Morgan fingerprint density at radius 1 is 0.970 bits per heavy atom. The van der Waals surface area contributed by atoms with Crippen molar-refractivity contribution in [3.05, 3.63) is 29.8 Å². The second-order valence-corrected chi connectivity index (χ2v) is 10.8. The zero-order valence-corrected chi connectivity index (χ0v) is 20.0. The predicted molar refractivity (Wildman–Crippen MR) is 125 cm³/mol. The topological polar surface area (TPSA) is 96.5 Å². The minimum Gasteiger partial charge on any atom is -0.494 e. The first-order chi connectivity index (χ1) is 15.8. The molecule has 5 rings (SSSR count). The molecule has 7 heteroatoms. The Morgan fingerprint density at radius 2 is 1.55 bits per heavy atom. The van der Waals surface area contributed by atoms with Crippen LogP contribution in [0.25, 0.3) is 0 Å². The smallest absolute Gasteiger partial charge is 0.261 e. The van der Waals surface area contributed by atoms with E-state index in [9.17, 15) is 14.4 Å². The van der Waals surface area contributed by atoms with E-state index >= 15 is 0 Å². The van der Waals surface area contributed by atoms with Crippen LogP contribution in [-0.4, -0.2) is 30.4 Å². The van der Waals surface area contributed by atoms with E-state index in [1.165, 1.54) is 19.3 Å². The van der Waals surface area contributed by atoms with Gasteiger partial charge in [0.2, 0.25) is 5.91 Å². The monoisotopic (exact) mass is 455 g/mol. The molecule has 7 nitrogen and oxygen atoms in total. The van der Waals surface area contributed by atoms with Gasteiger partial charge in [-0.25, -0.2) is 0 Å². The summed E-state index contributed by atoms with van der Waals surface area (Å²) in [5.74, 6) is 2.00. The van der Waals surface area contributed by atoms with Crippen molar-refractivity contribution in [1.82, 2.24) is 16.2 Å². The standard InChI is InChI=1S/C26H37N3O4/c1-4-33-21-7-5-20(6-8-21)24(31)27-23(16(2)3)25(32)29-28-22(30)15-26-12-17-9-18(13-26)11-19(10-17)14-26/h5-8,16-19,23H,4,9-15H2,1-3H3,(H,27,31)(H,28,30)(H,29,32)/t17?,18?,19?,23-,26?/m0/s1. The Balaban J connectivity index is 1.29. The number of rotatable bonds is 8. The van der Waals surface area contributed by atoms with Crippen LogP contribution in [0.3, 0.4) is 0 Å². The fourth-order valence-corrected chi connectivity index (χ4v) is 6.73. The quantitative estimate of drug-likeness (QED) is 0.522. The Labute approximate surface area is 196 Å². The lowest BCUT2D eigenvalue weighted by Crippen LogP contribution is -2.55. The molecule has 4 fully saturated rings. The first-order valence-electron chi connectivity index (χ1n) is 12.4. The van der Waals surface area contributed by atoms with Crippen molar-refractivity contribution in [3.8, 4) is 5.75 Å². The fourth-order valence-electron chi connectivity index (χ4n) is 6.73. The minimum atomic E-state index is -0.760. The zero-order valence-electron chi connectivity index (χ0n) is 20.0. The van der Waals surface area contributed by atoms with E-state index in [2.05, 4.69) is 16.2 Å². The van der Waals surface area contributed by atoms with Crippen LogP contribution in [0.15, 0.2) is 24.3 Å². The largest absolute Gasteiger partial charge is 0.494 e. The van der Waals surface area contributed by atoms with Crippen LogP contribution in [0.1, 0.15) is 76.1 Å². The molecule has 0 saturated heterocycles. The van der Waals surface area contributed by atoms with Crippen molar-refractivity contribution in [1.29, 1.82) is 0 Å². The Morgan fingerprint density at radius 3 is 2.06 bits per heavy atom. The molecule has 1 aromatic rings. The highest BCUT2D eigenvalue weighted by Gasteiger charge is 2.51. The third kappa shape index (κ3) is 5.50. The van der Waals surface area contributed by atoms with E-state index in [0.29, 0.717) is 24.3 Å². The molecule has 4 bridgehead atoms. The number of ether oxygens (including phenoxy) is 1. The summed E-state index contributed by atoms with van der Waals surface area (Å²) in [6.07, 6.45) is 7.92. The Hall–Kier alpha value is -2.57. The molecule has 1 aromatic carbocycles. The van der Waals surface area contributed by atoms with Crippen molar-refractivity contribution in [2.45, 2.75) is 71.8 Å². The molecule has 0 spiro atoms. The van der Waals surface area contributed by atoms with Gasteiger partial charge in [0.15, 0.2) is 0 Å². The van der Waals surface area contributed by atoms with E-state index in [1.54, 1.807) is 24.3 Å². The van der Waals surface area contributed by atoms with Gasteiger partial charge in [-0.3, -0.25) is 25.2 Å². The van der Waals surface area contributed by atoms with Gasteiger partial charge in [-0.15, -0.1) is 0 Å². The summed E-state index contributed by atoms with van der Waals surface area (Å²) >= 11 is 0. The van der Waals surface area contributed by atoms with Crippen molar-refractivity contribution in [3.63, 3.8) is 0 Å². The molecule has 0 radical (unpaired) electrons. The number of benzene rings is 1. The molecule has 0 aromatic heterocycles. The molecule has 33 heavy (non-hydrogen) atoms. The lowest BCUT2D eigenvalue weighted by Gasteiger charge is -2.56. The summed E-state index contributed by atoms with van der Waals surface area (Å²) < 4.78 is 5.40. The fraction of sp³-hybridized carbons (Fsp3) is 0.654. The molecular weight excluding hydrogens is 418 g/mol. The molecule has 4 aliphatic carbocycles. The molecule has 0 heterocycles. The summed E-state index contributed by atoms with van der Waals surface area (Å²) in [4.78, 5) is 38.2. The lowest BCUT2D eigenvalue weighted by atomic mass is 9.49. The van der Waals surface area contributed by atoms with Crippen molar-refractivity contribution in [2.24, 2.45) is 29.1 Å². The minimum absolute atomic E-state index is 0.114. The molecule has 3 amide bonds. The van der Waals surface area contributed by atoms with Crippen LogP contribution in [-0.2, 0) is 9.59 Å². The number of carbonyl (C=O) groups is 3. The maximum absolute atomic E-state index is 12.8. The van der Waals surface area contributed by atoms with Crippen LogP contribution >= 0.6 is 0 Å². The second-order valence-electron chi connectivity index (χ2n) is 10.8. The summed E-state index contributed by atoms with van der Waals surface area (Å²) in [7, 11) is 0. The third-order valence-electron chi connectivity index (χ3n) is 7.69. The summed E-state index contributed by atoms with van der Waals surface area (Å²) in [6.45, 7) is 6.17. The second kappa shape index (κ2) is 9.74. The van der Waals surface area contributed by atoms with Gasteiger partial charge in [0.1, 0.15) is 11.8 Å². The van der Waals surface area contributed by atoms with E-state index in [4.69, 9.17) is 4.74 Å². The van der Waals surface area contributed by atoms with Crippen molar-refractivity contribution in [2.75, 3.05) is 6.61 Å². The van der Waals surface area contributed by atoms with Crippen LogP contribution in [0.5, 0.6) is 5.75 Å². The molecule has 3 N–H and O–H groups in total. The van der Waals surface area contributed by atoms with E-state index in [0.717, 1.165) is 37.0 Å². The van der Waals surface area contributed by atoms with E-state index < -0.39 is 11.9 Å². The number of amides is 3. The van der Waals surface area contributed by atoms with Gasteiger partial charge in [-0.05, 0) is 98.8 Å². The van der Waals surface area contributed by atoms with Crippen LogP contribution in [0.2, 0.25) is 0 Å². The number of carbonyl (C=O) groups excluding carboxylic acids is 3. The SMILES string of the molecule is CCOc1ccc(C(=O)N[C@H](C(=O)NNC(=O)CC23CC4CC(CC(C4)C2)C3)C(C)C)cc1. The molecule has 4 aliphatic rings. The number of hydrazine groups is 1. The normalized spacial score (nSPS) is 28.3. The average Bonchev–Trinajstić information content (AvgIpc) is 2.75. The van der Waals surface area contributed by atoms with E-state index in [1.807, 2.05) is 20.8 Å². The highest BCUT2D eigenvalue weighted by Crippen LogP contribution is 2.61. The first-order valence-corrected chi connectivity index (χ1v) is 12.4. The number of nitrogens with one attached hydrogen (secondary N) is 3. The highest BCUT2D eigenvalue weighted by molar-refractivity contribution is 5.98. The van der Waals surface area contributed by atoms with Gasteiger partial charge in [-0.2, -0.15) is 0 Å². The van der Waals surface area contributed by atoms with Crippen LogP contribution < -0.4 is 20.9 Å². The molecular formula is C26H37N3O4. The Bertz CT molecular complexity index is 845. The maximum atomic E-state index is 12.8. The molecule has 180 valence electrons. The highest BCUT2D eigenvalue weighted by atomic mass is 16.5. The van der Waals surface area contributed by atoms with Gasteiger partial charge in [-0.1, -0.05) is 13.8 Å². The first kappa shape index (κ1) is 23.6. The Kier molecular flexibility index (Phi) is 6.96. The molecule has 0 aliphatic heterocycles. The average molecular weight is 456 g/mol. The van der Waals surface area contributed by atoms with E-state index in [-0.39, 0.29) is 23.1 Å². The third-order valence-corrected chi connectivity index (χ3v) is 7.69. The number of hydrogen-bond acceptors (Lipinski definition) is 4. The summed E-state index contributed by atoms with van der Waals surface area (Å²) in [5, 5.41) is 2.79. The van der Waals surface area contributed by atoms with Gasteiger partial charge in [0.25, 0.3) is 11.8 Å². The lowest BCUT2D eigenvalue weighted by molar-refractivity contribution is -0.135. The van der Waals surface area contributed by atoms with Crippen LogP contribution in [0, 0.1) is 29.1 Å². The maximum Gasteiger partial charge on any atom is 0.261 e. The summed E-state index contributed by atoms with van der Waals surface area (Å²) in [5.41, 5.74) is 5.74. The number of hydrogen-bond donors (Lipinski definition) is 3. The molecule has 4 saturated carbocycles. The van der Waals surface area contributed by atoms with Gasteiger partial charge in [0.05, 0.1) is 6.61 Å². The predicted octanol–water partition coefficient (Wildman–Crippen LogP) is 3.59. The van der Waals surface area contributed by atoms with Crippen molar-refractivity contribution < 1.29 is 19.1 Å². The van der Waals surface area contributed by atoms with Gasteiger partial charge >= 0.3 is 0 Å².